The number of rotatable bonds is 8. The van der Waals surface area contributed by atoms with Crippen LogP contribution in [-0.4, -0.2) is 22.4 Å². The number of aryl methyl sites for hydroxylation is 2. The van der Waals surface area contributed by atoms with Crippen molar-refractivity contribution in [2.24, 2.45) is 0 Å². The van der Waals surface area contributed by atoms with Crippen LogP contribution in [0.2, 0.25) is 0 Å². The predicted molar refractivity (Wildman–Crippen MR) is 140 cm³/mol. The average molecular weight is 448 g/mol. The molecule has 2 heterocycles. The van der Waals surface area contributed by atoms with Crippen molar-refractivity contribution in [3.05, 3.63) is 102 Å². The second-order valence-electron chi connectivity index (χ2n) is 8.86. The van der Waals surface area contributed by atoms with Gasteiger partial charge in [0.1, 0.15) is 0 Å². The van der Waals surface area contributed by atoms with Crippen LogP contribution in [0, 0.1) is 6.92 Å². The number of carbonyl (C=O) groups is 1. The van der Waals surface area contributed by atoms with Crippen LogP contribution in [0.3, 0.4) is 0 Å². The van der Waals surface area contributed by atoms with E-state index in [2.05, 4.69) is 65.8 Å². The Hall–Kier alpha value is -3.92. The van der Waals surface area contributed by atoms with E-state index in [1.165, 1.54) is 22.1 Å². The molecule has 34 heavy (non-hydrogen) atoms. The van der Waals surface area contributed by atoms with Gasteiger partial charge < -0.3 is 10.3 Å². The van der Waals surface area contributed by atoms with Crippen molar-refractivity contribution >= 4 is 27.7 Å². The van der Waals surface area contributed by atoms with Gasteiger partial charge in [-0.1, -0.05) is 66.2 Å². The Labute approximate surface area is 200 Å². The number of nitrogens with one attached hydrogen (secondary N) is 2. The van der Waals surface area contributed by atoms with Gasteiger partial charge in [-0.05, 0) is 61.6 Å². The zero-order chi connectivity index (χ0) is 23.3. The molecule has 0 saturated carbocycles. The summed E-state index contributed by atoms with van der Waals surface area (Å²) < 4.78 is 0. The first-order valence-corrected chi connectivity index (χ1v) is 12.0. The lowest BCUT2D eigenvalue weighted by Gasteiger charge is -2.08. The Morgan fingerprint density at radius 1 is 0.912 bits per heavy atom. The largest absolute Gasteiger partial charge is 0.356 e. The number of aromatic nitrogens is 2. The molecule has 0 unspecified atom stereocenters. The summed E-state index contributed by atoms with van der Waals surface area (Å²) in [6.45, 7) is 2.78. The summed E-state index contributed by atoms with van der Waals surface area (Å²) in [5.74, 6) is 0.109. The van der Waals surface area contributed by atoms with Crippen molar-refractivity contribution in [2.75, 3.05) is 6.54 Å². The third-order valence-corrected chi connectivity index (χ3v) is 6.33. The Kier molecular flexibility index (Phi) is 6.39. The summed E-state index contributed by atoms with van der Waals surface area (Å²) in [4.78, 5) is 21.0. The van der Waals surface area contributed by atoms with E-state index in [1.54, 1.807) is 0 Å². The molecule has 5 aromatic rings. The van der Waals surface area contributed by atoms with E-state index in [-0.39, 0.29) is 5.91 Å². The third-order valence-electron chi connectivity index (χ3n) is 6.33. The first-order chi connectivity index (χ1) is 16.7. The molecule has 170 valence electrons. The second-order valence-corrected chi connectivity index (χ2v) is 8.86. The average Bonchev–Trinajstić information content (AvgIpc) is 3.22. The van der Waals surface area contributed by atoms with Crippen LogP contribution >= 0.6 is 0 Å². The smallest absolute Gasteiger partial charge is 0.220 e. The Bertz CT molecular complexity index is 1440. The number of hydrogen-bond acceptors (Lipinski definition) is 2. The zero-order valence-corrected chi connectivity index (χ0v) is 19.5. The molecule has 3 aromatic carbocycles. The Balaban J connectivity index is 1.31. The van der Waals surface area contributed by atoms with Crippen LogP contribution in [0.1, 0.15) is 29.5 Å². The maximum Gasteiger partial charge on any atom is 0.220 e. The van der Waals surface area contributed by atoms with Gasteiger partial charge in [-0.15, -0.1) is 0 Å². The van der Waals surface area contributed by atoms with Gasteiger partial charge in [-0.2, -0.15) is 0 Å². The minimum atomic E-state index is 0.109. The van der Waals surface area contributed by atoms with E-state index in [9.17, 15) is 4.79 Å². The number of nitrogens with zero attached hydrogens (tertiary/aromatic N) is 1. The van der Waals surface area contributed by atoms with Gasteiger partial charge in [0, 0.05) is 29.3 Å². The van der Waals surface area contributed by atoms with Crippen LogP contribution < -0.4 is 5.32 Å². The highest BCUT2D eigenvalue weighted by atomic mass is 16.1. The number of amides is 1. The van der Waals surface area contributed by atoms with Crippen molar-refractivity contribution in [3.8, 4) is 11.4 Å². The molecule has 0 spiro atoms. The van der Waals surface area contributed by atoms with Crippen LogP contribution in [0.25, 0.3) is 33.2 Å². The van der Waals surface area contributed by atoms with Crippen LogP contribution in [0.15, 0.2) is 84.9 Å². The maximum atomic E-state index is 12.4. The number of carbonyl (C=O) groups excluding carboxylic acids is 1. The number of hydrogen-bond donors (Lipinski definition) is 2. The maximum absolute atomic E-state index is 12.4. The number of aromatic amines is 1. The van der Waals surface area contributed by atoms with Crippen molar-refractivity contribution in [1.82, 2.24) is 15.3 Å². The number of fused-ring (bicyclic) bond motifs is 2. The van der Waals surface area contributed by atoms with E-state index < -0.39 is 0 Å². The molecule has 2 N–H and O–H groups in total. The van der Waals surface area contributed by atoms with Crippen LogP contribution in [-0.2, 0) is 17.6 Å². The molecular formula is C30H29N3O. The summed E-state index contributed by atoms with van der Waals surface area (Å²) in [6, 6.07) is 29.1. The molecule has 2 aromatic heterocycles. The molecule has 0 aliphatic rings. The van der Waals surface area contributed by atoms with Crippen molar-refractivity contribution < 1.29 is 4.79 Å². The van der Waals surface area contributed by atoms with Gasteiger partial charge >= 0.3 is 0 Å². The highest BCUT2D eigenvalue weighted by Gasteiger charge is 2.15. The lowest BCUT2D eigenvalue weighted by atomic mass is 10.0. The van der Waals surface area contributed by atoms with Gasteiger partial charge in [0.25, 0.3) is 0 Å². The van der Waals surface area contributed by atoms with Gasteiger partial charge in [0.2, 0.25) is 5.91 Å². The monoisotopic (exact) mass is 447 g/mol. The van der Waals surface area contributed by atoms with E-state index >= 15 is 0 Å². The molecular weight excluding hydrogens is 418 g/mol. The summed E-state index contributed by atoms with van der Waals surface area (Å²) >= 11 is 0. The SMILES string of the molecule is Cc1ccc2[nH]c(-c3ccc4ccccc4n3)c(CCCC(=O)NCCc3ccccc3)c2c1. The molecule has 0 aliphatic heterocycles. The van der Waals surface area contributed by atoms with Crippen molar-refractivity contribution in [3.63, 3.8) is 0 Å². The molecule has 0 saturated heterocycles. The number of H-pyrrole nitrogens is 1. The van der Waals surface area contributed by atoms with E-state index in [1.807, 2.05) is 36.4 Å². The normalized spacial score (nSPS) is 11.2. The topological polar surface area (TPSA) is 57.8 Å². The summed E-state index contributed by atoms with van der Waals surface area (Å²) in [6.07, 6.45) is 2.97. The van der Waals surface area contributed by atoms with E-state index in [4.69, 9.17) is 4.98 Å². The molecule has 4 heteroatoms. The van der Waals surface area contributed by atoms with Gasteiger partial charge in [0.05, 0.1) is 16.9 Å². The Morgan fingerprint density at radius 2 is 1.74 bits per heavy atom. The number of pyridine rings is 1. The zero-order valence-electron chi connectivity index (χ0n) is 19.5. The molecule has 0 fully saturated rings. The quantitative estimate of drug-likeness (QED) is 0.290. The minimum Gasteiger partial charge on any atom is -0.356 e. The van der Waals surface area contributed by atoms with Gasteiger partial charge in [-0.3, -0.25) is 4.79 Å². The highest BCUT2D eigenvalue weighted by molar-refractivity contribution is 5.92. The third kappa shape index (κ3) is 4.86. The first-order valence-electron chi connectivity index (χ1n) is 12.0. The predicted octanol–water partition coefficient (Wildman–Crippen LogP) is 6.37. The number of benzene rings is 3. The molecule has 1 amide bonds. The lowest BCUT2D eigenvalue weighted by molar-refractivity contribution is -0.121. The fourth-order valence-corrected chi connectivity index (χ4v) is 4.55. The molecule has 4 nitrogen and oxygen atoms in total. The van der Waals surface area contributed by atoms with Crippen LogP contribution in [0.4, 0.5) is 0 Å². The highest BCUT2D eigenvalue weighted by Crippen LogP contribution is 2.32. The van der Waals surface area contributed by atoms with E-state index in [0.717, 1.165) is 47.1 Å². The van der Waals surface area contributed by atoms with Crippen molar-refractivity contribution in [2.45, 2.75) is 32.6 Å². The summed E-state index contributed by atoms with van der Waals surface area (Å²) in [5.41, 5.74) is 7.79. The molecule has 5 rings (SSSR count). The number of para-hydroxylation sites is 1. The molecule has 0 radical (unpaired) electrons. The Morgan fingerprint density at radius 3 is 2.62 bits per heavy atom. The van der Waals surface area contributed by atoms with Gasteiger partial charge in [-0.25, -0.2) is 4.98 Å². The summed E-state index contributed by atoms with van der Waals surface area (Å²) in [5, 5.41) is 5.41. The van der Waals surface area contributed by atoms with Crippen LogP contribution in [0.5, 0.6) is 0 Å². The minimum absolute atomic E-state index is 0.109. The molecule has 0 bridgehead atoms. The summed E-state index contributed by atoms with van der Waals surface area (Å²) in [7, 11) is 0. The van der Waals surface area contributed by atoms with E-state index in [0.29, 0.717) is 13.0 Å². The van der Waals surface area contributed by atoms with Gasteiger partial charge in [0.15, 0.2) is 0 Å². The second kappa shape index (κ2) is 9.92. The molecule has 0 atom stereocenters. The molecule has 0 aliphatic carbocycles. The fourth-order valence-electron chi connectivity index (χ4n) is 4.55. The van der Waals surface area contributed by atoms with Crippen molar-refractivity contribution in [1.29, 1.82) is 0 Å². The lowest BCUT2D eigenvalue weighted by Crippen LogP contribution is -2.25. The standard InChI is InChI=1S/C30H29N3O/c1-21-14-16-27-25(20-21)24(11-7-13-29(34)31-19-18-22-8-3-2-4-9-22)30(33-27)28-17-15-23-10-5-6-12-26(23)32-28/h2-6,8-10,12,14-17,20,33H,7,11,13,18-19H2,1H3,(H,31,34). The first kappa shape index (κ1) is 21.9. The fraction of sp³-hybridized carbons (Fsp3) is 0.200.